The molecule has 1 fully saturated rings. The SMILES string of the molecule is CCC(CC)CN(C)C(CN)C1CC1. The summed E-state index contributed by atoms with van der Waals surface area (Å²) >= 11 is 0. The number of nitrogens with two attached hydrogens (primary N) is 1. The molecule has 0 bridgehead atoms. The van der Waals surface area contributed by atoms with Gasteiger partial charge in [-0.3, -0.25) is 0 Å². The van der Waals surface area contributed by atoms with Crippen molar-refractivity contribution in [2.75, 3.05) is 20.1 Å². The van der Waals surface area contributed by atoms with Crippen LogP contribution in [0.3, 0.4) is 0 Å². The first-order valence-electron chi connectivity index (χ1n) is 6.13. The van der Waals surface area contributed by atoms with Crippen molar-refractivity contribution in [3.8, 4) is 0 Å². The zero-order valence-electron chi connectivity index (χ0n) is 10.00. The van der Waals surface area contributed by atoms with Gasteiger partial charge in [-0.25, -0.2) is 0 Å². The molecule has 0 aromatic heterocycles. The molecule has 0 amide bonds. The van der Waals surface area contributed by atoms with Crippen LogP contribution in [0.4, 0.5) is 0 Å². The number of rotatable bonds is 7. The van der Waals surface area contributed by atoms with Gasteiger partial charge in [0, 0.05) is 19.1 Å². The van der Waals surface area contributed by atoms with Crippen molar-refractivity contribution in [2.24, 2.45) is 17.6 Å². The Kier molecular flexibility index (Phi) is 4.90. The van der Waals surface area contributed by atoms with E-state index in [-0.39, 0.29) is 0 Å². The van der Waals surface area contributed by atoms with Gasteiger partial charge in [0.1, 0.15) is 0 Å². The Morgan fingerprint density at radius 2 is 1.86 bits per heavy atom. The lowest BCUT2D eigenvalue weighted by molar-refractivity contribution is 0.186. The highest BCUT2D eigenvalue weighted by molar-refractivity contribution is 4.88. The van der Waals surface area contributed by atoms with E-state index < -0.39 is 0 Å². The lowest BCUT2D eigenvalue weighted by Crippen LogP contribution is -2.41. The van der Waals surface area contributed by atoms with Crippen molar-refractivity contribution in [1.29, 1.82) is 0 Å². The van der Waals surface area contributed by atoms with E-state index in [2.05, 4.69) is 25.8 Å². The summed E-state index contributed by atoms with van der Waals surface area (Å²) in [5.74, 6) is 1.76. The number of likely N-dealkylation sites (N-methyl/N-ethyl adjacent to an activating group) is 1. The molecule has 0 radical (unpaired) electrons. The van der Waals surface area contributed by atoms with E-state index in [1.165, 1.54) is 32.2 Å². The Hall–Kier alpha value is -0.0800. The summed E-state index contributed by atoms with van der Waals surface area (Å²) < 4.78 is 0. The predicted octanol–water partition coefficient (Wildman–Crippen LogP) is 2.09. The summed E-state index contributed by atoms with van der Waals surface area (Å²) in [6, 6.07) is 0.649. The first-order valence-corrected chi connectivity index (χ1v) is 6.13. The topological polar surface area (TPSA) is 29.3 Å². The number of nitrogens with zero attached hydrogens (tertiary/aromatic N) is 1. The molecule has 2 heteroatoms. The highest BCUT2D eigenvalue weighted by Gasteiger charge is 2.33. The average molecular weight is 198 g/mol. The van der Waals surface area contributed by atoms with Gasteiger partial charge in [-0.05, 0) is 31.7 Å². The molecule has 2 N–H and O–H groups in total. The molecular formula is C12H26N2. The summed E-state index contributed by atoms with van der Waals surface area (Å²) in [6.07, 6.45) is 5.38. The molecule has 0 aromatic carbocycles. The third kappa shape index (κ3) is 3.25. The third-order valence-corrected chi connectivity index (χ3v) is 3.67. The normalized spacial score (nSPS) is 19.3. The van der Waals surface area contributed by atoms with E-state index in [0.717, 1.165) is 18.4 Å². The predicted molar refractivity (Wildman–Crippen MR) is 62.3 cm³/mol. The standard InChI is InChI=1S/C12H26N2/c1-4-10(5-2)9-14(3)12(8-13)11-6-7-11/h10-12H,4-9,13H2,1-3H3. The van der Waals surface area contributed by atoms with Gasteiger partial charge < -0.3 is 10.6 Å². The van der Waals surface area contributed by atoms with Crippen LogP contribution < -0.4 is 5.73 Å². The molecule has 1 saturated carbocycles. The van der Waals surface area contributed by atoms with Gasteiger partial charge in [-0.1, -0.05) is 26.7 Å². The molecule has 1 atom stereocenters. The Morgan fingerprint density at radius 1 is 1.29 bits per heavy atom. The van der Waals surface area contributed by atoms with Crippen LogP contribution in [0.5, 0.6) is 0 Å². The Labute approximate surface area is 88.8 Å². The molecule has 0 spiro atoms. The van der Waals surface area contributed by atoms with Gasteiger partial charge in [-0.2, -0.15) is 0 Å². The highest BCUT2D eigenvalue weighted by Crippen LogP contribution is 2.34. The molecule has 14 heavy (non-hydrogen) atoms. The minimum atomic E-state index is 0.649. The van der Waals surface area contributed by atoms with Gasteiger partial charge >= 0.3 is 0 Å². The molecule has 2 nitrogen and oxygen atoms in total. The Balaban J connectivity index is 2.33. The fourth-order valence-corrected chi connectivity index (χ4v) is 2.30. The minimum absolute atomic E-state index is 0.649. The van der Waals surface area contributed by atoms with Gasteiger partial charge in [0.25, 0.3) is 0 Å². The van der Waals surface area contributed by atoms with Gasteiger partial charge in [0.15, 0.2) is 0 Å². The van der Waals surface area contributed by atoms with Crippen molar-refractivity contribution < 1.29 is 0 Å². The van der Waals surface area contributed by atoms with E-state index in [9.17, 15) is 0 Å². The monoisotopic (exact) mass is 198 g/mol. The van der Waals surface area contributed by atoms with Crippen molar-refractivity contribution in [1.82, 2.24) is 4.90 Å². The lowest BCUT2D eigenvalue weighted by Gasteiger charge is -2.30. The summed E-state index contributed by atoms with van der Waals surface area (Å²) in [5, 5.41) is 0. The Bertz CT molecular complexity index is 150. The Morgan fingerprint density at radius 3 is 2.21 bits per heavy atom. The largest absolute Gasteiger partial charge is 0.329 e. The lowest BCUT2D eigenvalue weighted by atomic mass is 10.0. The first-order chi connectivity index (χ1) is 6.72. The summed E-state index contributed by atoms with van der Waals surface area (Å²) in [6.45, 7) is 6.64. The first kappa shape index (κ1) is 12.0. The molecule has 1 unspecified atom stereocenters. The van der Waals surface area contributed by atoms with Crippen LogP contribution in [0.2, 0.25) is 0 Å². The summed E-state index contributed by atoms with van der Waals surface area (Å²) in [5.41, 5.74) is 5.83. The van der Waals surface area contributed by atoms with Crippen LogP contribution in [-0.2, 0) is 0 Å². The molecule has 1 aliphatic carbocycles. The van der Waals surface area contributed by atoms with Crippen molar-refractivity contribution >= 4 is 0 Å². The molecule has 0 heterocycles. The van der Waals surface area contributed by atoms with E-state index >= 15 is 0 Å². The fourth-order valence-electron chi connectivity index (χ4n) is 2.30. The second-order valence-corrected chi connectivity index (χ2v) is 4.76. The molecule has 1 rings (SSSR count). The van der Waals surface area contributed by atoms with Crippen LogP contribution in [0, 0.1) is 11.8 Å². The van der Waals surface area contributed by atoms with Crippen molar-refractivity contribution in [3.05, 3.63) is 0 Å². The smallest absolute Gasteiger partial charge is 0.0243 e. The second kappa shape index (κ2) is 5.72. The number of hydrogen-bond acceptors (Lipinski definition) is 2. The molecule has 0 aromatic rings. The minimum Gasteiger partial charge on any atom is -0.329 e. The molecule has 0 aliphatic heterocycles. The molecular weight excluding hydrogens is 172 g/mol. The van der Waals surface area contributed by atoms with Crippen molar-refractivity contribution in [2.45, 2.75) is 45.6 Å². The van der Waals surface area contributed by atoms with Crippen molar-refractivity contribution in [3.63, 3.8) is 0 Å². The molecule has 84 valence electrons. The zero-order chi connectivity index (χ0) is 10.6. The summed E-state index contributed by atoms with van der Waals surface area (Å²) in [4.78, 5) is 2.50. The average Bonchev–Trinajstić information content (AvgIpc) is 2.99. The van der Waals surface area contributed by atoms with Crippen LogP contribution in [0.25, 0.3) is 0 Å². The van der Waals surface area contributed by atoms with Gasteiger partial charge in [0.05, 0.1) is 0 Å². The number of hydrogen-bond donors (Lipinski definition) is 1. The molecule has 0 saturated heterocycles. The second-order valence-electron chi connectivity index (χ2n) is 4.76. The third-order valence-electron chi connectivity index (χ3n) is 3.67. The maximum atomic E-state index is 5.83. The van der Waals surface area contributed by atoms with E-state index in [1.54, 1.807) is 0 Å². The van der Waals surface area contributed by atoms with E-state index in [4.69, 9.17) is 5.73 Å². The highest BCUT2D eigenvalue weighted by atomic mass is 15.1. The summed E-state index contributed by atoms with van der Waals surface area (Å²) in [7, 11) is 2.24. The molecule has 1 aliphatic rings. The van der Waals surface area contributed by atoms with E-state index in [0.29, 0.717) is 6.04 Å². The maximum absolute atomic E-state index is 5.83. The van der Waals surface area contributed by atoms with Crippen LogP contribution >= 0.6 is 0 Å². The van der Waals surface area contributed by atoms with Crippen LogP contribution in [0.15, 0.2) is 0 Å². The van der Waals surface area contributed by atoms with E-state index in [1.807, 2.05) is 0 Å². The quantitative estimate of drug-likeness (QED) is 0.679. The van der Waals surface area contributed by atoms with Crippen LogP contribution in [-0.4, -0.2) is 31.1 Å². The fraction of sp³-hybridized carbons (Fsp3) is 1.00. The van der Waals surface area contributed by atoms with Gasteiger partial charge in [-0.15, -0.1) is 0 Å². The van der Waals surface area contributed by atoms with Gasteiger partial charge in [0.2, 0.25) is 0 Å². The van der Waals surface area contributed by atoms with Crippen LogP contribution in [0.1, 0.15) is 39.5 Å². The maximum Gasteiger partial charge on any atom is 0.0243 e. The zero-order valence-corrected chi connectivity index (χ0v) is 10.00.